The fourth-order valence-electron chi connectivity index (χ4n) is 4.37. The normalized spacial score (nSPS) is 16.7. The number of carbonyl (C=O) groups excluding carboxylic acids is 1. The summed E-state index contributed by atoms with van der Waals surface area (Å²) in [5.74, 6) is -1.89. The second-order valence-electron chi connectivity index (χ2n) is 12.6. The van der Waals surface area contributed by atoms with E-state index in [1.54, 1.807) is 27.7 Å². The largest absolute Gasteiger partial charge is 0.459 e. The number of alkyl halides is 6. The highest BCUT2D eigenvalue weighted by Crippen LogP contribution is 2.52. The number of esters is 1. The zero-order valence-corrected chi connectivity index (χ0v) is 24.4. The summed E-state index contributed by atoms with van der Waals surface area (Å²) in [5.41, 5.74) is -13.9. The van der Waals surface area contributed by atoms with Gasteiger partial charge in [-0.2, -0.15) is 26.3 Å². The number of halogens is 6. The van der Waals surface area contributed by atoms with Crippen LogP contribution in [0.5, 0.6) is 0 Å². The lowest BCUT2D eigenvalue weighted by Crippen LogP contribution is -2.71. The molecule has 38 heavy (non-hydrogen) atoms. The van der Waals surface area contributed by atoms with Crippen LogP contribution in [0.4, 0.5) is 26.3 Å². The van der Waals surface area contributed by atoms with E-state index in [0.717, 1.165) is 0 Å². The van der Waals surface area contributed by atoms with E-state index in [0.29, 0.717) is 13.8 Å². The average molecular weight is 567 g/mol. The summed E-state index contributed by atoms with van der Waals surface area (Å²) in [5, 5.41) is 20.6. The van der Waals surface area contributed by atoms with Gasteiger partial charge in [-0.1, -0.05) is 6.58 Å². The van der Waals surface area contributed by atoms with Gasteiger partial charge in [-0.05, 0) is 89.5 Å². The van der Waals surface area contributed by atoms with E-state index in [1.165, 1.54) is 41.5 Å². The molecule has 2 atom stereocenters. The molecule has 0 aliphatic heterocycles. The lowest BCUT2D eigenvalue weighted by Gasteiger charge is -2.51. The van der Waals surface area contributed by atoms with Crippen molar-refractivity contribution in [1.29, 1.82) is 0 Å². The van der Waals surface area contributed by atoms with Crippen LogP contribution >= 0.6 is 0 Å². The van der Waals surface area contributed by atoms with Crippen molar-refractivity contribution in [2.24, 2.45) is 5.92 Å². The minimum atomic E-state index is -6.13. The maximum absolute atomic E-state index is 13.7. The number of hydrogen-bond donors (Lipinski definition) is 2. The molecule has 2 N–H and O–H groups in total. The van der Waals surface area contributed by atoms with Crippen molar-refractivity contribution in [3.8, 4) is 0 Å². The zero-order valence-electron chi connectivity index (χ0n) is 24.4. The van der Waals surface area contributed by atoms with Crippen molar-refractivity contribution >= 4 is 5.97 Å². The van der Waals surface area contributed by atoms with Crippen LogP contribution in [0.1, 0.15) is 89.5 Å². The standard InChI is InChI=1S/C26H44F6O6/c1-15(2)18(33)36-16(3)17(14-19(4,5)37-22(10,11)21(8,9)34)20(6,7)38-23(12,13)24(35,25(27,28)29)26(30,31)32/h16-17,34-35H,1,14H2,2-13H3. The van der Waals surface area contributed by atoms with Gasteiger partial charge in [0.2, 0.25) is 0 Å². The smallest absolute Gasteiger partial charge is 0.429 e. The van der Waals surface area contributed by atoms with Crippen LogP contribution < -0.4 is 0 Å². The van der Waals surface area contributed by atoms with E-state index in [4.69, 9.17) is 14.2 Å². The van der Waals surface area contributed by atoms with Gasteiger partial charge in [-0.25, -0.2) is 4.79 Å². The molecule has 226 valence electrons. The molecule has 0 aromatic carbocycles. The molecule has 12 heteroatoms. The molecule has 0 rings (SSSR count). The Morgan fingerprint density at radius 2 is 1.18 bits per heavy atom. The van der Waals surface area contributed by atoms with Crippen LogP contribution in [0.15, 0.2) is 12.2 Å². The van der Waals surface area contributed by atoms with E-state index < -0.39 is 64.0 Å². The minimum Gasteiger partial charge on any atom is -0.459 e. The van der Waals surface area contributed by atoms with Gasteiger partial charge in [0.15, 0.2) is 0 Å². The van der Waals surface area contributed by atoms with Crippen molar-refractivity contribution in [2.75, 3.05) is 0 Å². The van der Waals surface area contributed by atoms with Gasteiger partial charge in [-0.15, -0.1) is 0 Å². The van der Waals surface area contributed by atoms with Gasteiger partial charge in [0.05, 0.1) is 22.4 Å². The van der Waals surface area contributed by atoms with E-state index in [9.17, 15) is 41.4 Å². The molecule has 0 aromatic rings. The highest BCUT2D eigenvalue weighted by atomic mass is 19.4. The predicted octanol–water partition coefficient (Wildman–Crippen LogP) is 6.27. The van der Waals surface area contributed by atoms with Gasteiger partial charge < -0.3 is 24.4 Å². The van der Waals surface area contributed by atoms with Crippen LogP contribution in [0.3, 0.4) is 0 Å². The Hall–Kier alpha value is -1.37. The third-order valence-electron chi connectivity index (χ3n) is 7.03. The Morgan fingerprint density at radius 1 is 0.789 bits per heavy atom. The molecule has 0 fully saturated rings. The van der Waals surface area contributed by atoms with E-state index >= 15 is 0 Å². The van der Waals surface area contributed by atoms with Gasteiger partial charge in [-0.3, -0.25) is 0 Å². The monoisotopic (exact) mass is 566 g/mol. The lowest BCUT2D eigenvalue weighted by molar-refractivity contribution is -0.422. The molecule has 0 aliphatic rings. The second kappa shape index (κ2) is 10.9. The highest BCUT2D eigenvalue weighted by Gasteiger charge is 2.78. The summed E-state index contributed by atoms with van der Waals surface area (Å²) in [7, 11) is 0. The topological polar surface area (TPSA) is 85.2 Å². The summed E-state index contributed by atoms with van der Waals surface area (Å²) in [6, 6.07) is 0. The Labute approximate surface area is 221 Å². The Morgan fingerprint density at radius 3 is 1.50 bits per heavy atom. The molecule has 6 nitrogen and oxygen atoms in total. The van der Waals surface area contributed by atoms with Gasteiger partial charge >= 0.3 is 18.3 Å². The number of hydrogen-bond acceptors (Lipinski definition) is 6. The number of rotatable bonds is 12. The van der Waals surface area contributed by atoms with Gasteiger partial charge in [0.25, 0.3) is 5.60 Å². The first-order valence-electron chi connectivity index (χ1n) is 12.1. The number of ether oxygens (including phenoxy) is 3. The third kappa shape index (κ3) is 8.08. The van der Waals surface area contributed by atoms with Crippen molar-refractivity contribution in [2.45, 2.75) is 142 Å². The summed E-state index contributed by atoms with van der Waals surface area (Å²) in [6.45, 7) is 19.3. The summed E-state index contributed by atoms with van der Waals surface area (Å²) in [4.78, 5) is 12.3. The first-order chi connectivity index (χ1) is 16.3. The molecule has 0 aliphatic carbocycles. The van der Waals surface area contributed by atoms with Gasteiger partial charge in [0, 0.05) is 11.5 Å². The fourth-order valence-corrected chi connectivity index (χ4v) is 4.37. The van der Waals surface area contributed by atoms with Crippen LogP contribution in [-0.2, 0) is 19.0 Å². The molecule has 0 bridgehead atoms. The van der Waals surface area contributed by atoms with Crippen molar-refractivity contribution in [1.82, 2.24) is 0 Å². The third-order valence-corrected chi connectivity index (χ3v) is 7.03. The first-order valence-corrected chi connectivity index (χ1v) is 12.1. The van der Waals surface area contributed by atoms with Gasteiger partial charge in [0.1, 0.15) is 11.7 Å². The summed E-state index contributed by atoms with van der Waals surface area (Å²) < 4.78 is 99.2. The molecule has 0 amide bonds. The Balaban J connectivity index is 6.70. The van der Waals surface area contributed by atoms with Crippen molar-refractivity contribution in [3.63, 3.8) is 0 Å². The molecule has 2 unspecified atom stereocenters. The highest BCUT2D eigenvalue weighted by molar-refractivity contribution is 5.87. The fraction of sp³-hybridized carbons (Fsp3) is 0.885. The van der Waals surface area contributed by atoms with E-state index in [1.807, 2.05) is 0 Å². The molecule has 0 saturated carbocycles. The van der Waals surface area contributed by atoms with Crippen LogP contribution in [0.25, 0.3) is 0 Å². The molecule has 0 aromatic heterocycles. The average Bonchev–Trinajstić information content (AvgIpc) is 2.60. The zero-order chi connectivity index (χ0) is 31.1. The Kier molecular flexibility index (Phi) is 10.5. The molecular weight excluding hydrogens is 522 g/mol. The molecule has 0 heterocycles. The molecule has 0 saturated heterocycles. The maximum atomic E-state index is 13.7. The molecule has 0 radical (unpaired) electrons. The van der Waals surface area contributed by atoms with E-state index in [2.05, 4.69) is 6.58 Å². The predicted molar refractivity (Wildman–Crippen MR) is 130 cm³/mol. The molecular formula is C26H44F6O6. The second-order valence-corrected chi connectivity index (χ2v) is 12.6. The first kappa shape index (κ1) is 36.6. The van der Waals surface area contributed by atoms with Crippen molar-refractivity contribution in [3.05, 3.63) is 12.2 Å². The van der Waals surface area contributed by atoms with Crippen molar-refractivity contribution < 1.29 is 55.6 Å². The van der Waals surface area contributed by atoms with Crippen LogP contribution in [0, 0.1) is 5.92 Å². The Bertz CT molecular complexity index is 836. The summed E-state index contributed by atoms with van der Waals surface area (Å²) >= 11 is 0. The SMILES string of the molecule is C=C(C)C(=O)OC(C)C(CC(C)(C)OC(C)(C)C(C)(C)O)C(C)(C)OC(C)(C)C(O)(C(F)(F)F)C(F)(F)F. The van der Waals surface area contributed by atoms with Crippen LogP contribution in [0.2, 0.25) is 0 Å². The number of aliphatic hydroxyl groups is 2. The lowest BCUT2D eigenvalue weighted by atomic mass is 9.76. The maximum Gasteiger partial charge on any atom is 0.429 e. The number of carbonyl (C=O) groups is 1. The summed E-state index contributed by atoms with van der Waals surface area (Å²) in [6.07, 6.45) is -13.5. The molecule has 0 spiro atoms. The minimum absolute atomic E-state index is 0.0249. The van der Waals surface area contributed by atoms with E-state index in [-0.39, 0.29) is 12.0 Å². The quantitative estimate of drug-likeness (QED) is 0.164. The van der Waals surface area contributed by atoms with Crippen LogP contribution in [-0.4, -0.2) is 68.2 Å².